The summed E-state index contributed by atoms with van der Waals surface area (Å²) in [6.07, 6.45) is -0.598. The average Bonchev–Trinajstić information content (AvgIpc) is 2.72. The summed E-state index contributed by atoms with van der Waals surface area (Å²) < 4.78 is 26.0. The molecule has 1 N–H and O–H groups in total. The molecule has 1 aliphatic carbocycles. The molecule has 14 heavy (non-hydrogen) atoms. The Labute approximate surface area is 79.2 Å². The first-order valence-electron chi connectivity index (χ1n) is 4.17. The van der Waals surface area contributed by atoms with Crippen LogP contribution in [0, 0.1) is 0 Å². The second-order valence-electron chi connectivity index (χ2n) is 3.46. The van der Waals surface area contributed by atoms with Crippen molar-refractivity contribution >= 4 is 5.97 Å². The summed E-state index contributed by atoms with van der Waals surface area (Å²) in [6.45, 7) is 0. The molecule has 1 saturated carbocycles. The fourth-order valence-corrected chi connectivity index (χ4v) is 1.68. The highest BCUT2D eigenvalue weighted by atomic mass is 19.3. The lowest BCUT2D eigenvalue weighted by molar-refractivity contribution is -0.142. The molecule has 1 atom stereocenters. The number of rotatable bonds is 2. The van der Waals surface area contributed by atoms with Crippen LogP contribution < -0.4 is 0 Å². The van der Waals surface area contributed by atoms with Gasteiger partial charge >= 0.3 is 5.97 Å². The van der Waals surface area contributed by atoms with Gasteiger partial charge in [-0.2, -0.15) is 0 Å². The number of benzene rings is 1. The number of alkyl halides is 2. The van der Waals surface area contributed by atoms with Gasteiger partial charge in [0, 0.05) is 6.42 Å². The van der Waals surface area contributed by atoms with Crippen LogP contribution in [0.1, 0.15) is 12.0 Å². The standard InChI is InChI=1S/C10H8F2O2/c11-10(12)6-9(10,8(13)14)7-4-2-1-3-5-7/h1-5H,6H2,(H,13,14)/t9-/m0/s1. The Kier molecular flexibility index (Phi) is 1.65. The van der Waals surface area contributed by atoms with E-state index in [1.165, 1.54) is 12.1 Å². The number of carbonyl (C=O) groups is 1. The Morgan fingerprint density at radius 3 is 2.14 bits per heavy atom. The minimum Gasteiger partial charge on any atom is -0.480 e. The quantitative estimate of drug-likeness (QED) is 0.789. The van der Waals surface area contributed by atoms with Crippen molar-refractivity contribution in [3.8, 4) is 0 Å². The second kappa shape index (κ2) is 2.53. The van der Waals surface area contributed by atoms with E-state index >= 15 is 0 Å². The molecule has 1 fully saturated rings. The van der Waals surface area contributed by atoms with Gasteiger partial charge in [0.25, 0.3) is 5.92 Å². The van der Waals surface area contributed by atoms with Crippen LogP contribution in [-0.2, 0) is 10.2 Å². The van der Waals surface area contributed by atoms with E-state index in [1.807, 2.05) is 0 Å². The summed E-state index contributed by atoms with van der Waals surface area (Å²) >= 11 is 0. The van der Waals surface area contributed by atoms with Crippen LogP contribution >= 0.6 is 0 Å². The molecular formula is C10H8F2O2. The zero-order valence-electron chi connectivity index (χ0n) is 7.21. The highest BCUT2D eigenvalue weighted by molar-refractivity contribution is 5.87. The summed E-state index contributed by atoms with van der Waals surface area (Å²) in [4.78, 5) is 10.8. The van der Waals surface area contributed by atoms with E-state index < -0.39 is 23.7 Å². The lowest BCUT2D eigenvalue weighted by Gasteiger charge is -2.10. The highest BCUT2D eigenvalue weighted by Crippen LogP contribution is 2.61. The van der Waals surface area contributed by atoms with Crippen molar-refractivity contribution in [1.29, 1.82) is 0 Å². The van der Waals surface area contributed by atoms with Gasteiger partial charge in [0.2, 0.25) is 0 Å². The Bertz CT molecular complexity index is 375. The zero-order chi connectivity index (χ0) is 10.4. The topological polar surface area (TPSA) is 37.3 Å². The highest BCUT2D eigenvalue weighted by Gasteiger charge is 2.77. The molecule has 0 aromatic heterocycles. The third-order valence-corrected chi connectivity index (χ3v) is 2.62. The van der Waals surface area contributed by atoms with Gasteiger partial charge in [-0.05, 0) is 5.56 Å². The summed E-state index contributed by atoms with van der Waals surface area (Å²) in [7, 11) is 0. The Morgan fingerprint density at radius 2 is 1.79 bits per heavy atom. The molecule has 2 rings (SSSR count). The smallest absolute Gasteiger partial charge is 0.320 e. The molecule has 0 spiro atoms. The normalized spacial score (nSPS) is 28.4. The molecular weight excluding hydrogens is 190 g/mol. The number of hydrogen-bond donors (Lipinski definition) is 1. The second-order valence-corrected chi connectivity index (χ2v) is 3.46. The van der Waals surface area contributed by atoms with Crippen molar-refractivity contribution in [2.45, 2.75) is 17.8 Å². The molecule has 1 aromatic rings. The minimum atomic E-state index is -3.11. The predicted octanol–water partition coefficient (Wildman–Crippen LogP) is 2.05. The molecule has 0 radical (unpaired) electrons. The van der Waals surface area contributed by atoms with E-state index in [2.05, 4.69) is 0 Å². The van der Waals surface area contributed by atoms with E-state index in [9.17, 15) is 13.6 Å². The van der Waals surface area contributed by atoms with E-state index in [-0.39, 0.29) is 5.56 Å². The van der Waals surface area contributed by atoms with Crippen molar-refractivity contribution < 1.29 is 18.7 Å². The van der Waals surface area contributed by atoms with Gasteiger partial charge in [-0.25, -0.2) is 8.78 Å². The van der Waals surface area contributed by atoms with Crippen LogP contribution in [0.15, 0.2) is 30.3 Å². The third-order valence-electron chi connectivity index (χ3n) is 2.62. The molecule has 74 valence electrons. The van der Waals surface area contributed by atoms with E-state index in [1.54, 1.807) is 18.2 Å². The van der Waals surface area contributed by atoms with Crippen molar-refractivity contribution in [3.63, 3.8) is 0 Å². The van der Waals surface area contributed by atoms with Crippen molar-refractivity contribution in [1.82, 2.24) is 0 Å². The van der Waals surface area contributed by atoms with E-state index in [0.29, 0.717) is 0 Å². The minimum absolute atomic E-state index is 0.178. The fraction of sp³-hybridized carbons (Fsp3) is 0.300. The van der Waals surface area contributed by atoms with Crippen molar-refractivity contribution in [3.05, 3.63) is 35.9 Å². The predicted molar refractivity (Wildman–Crippen MR) is 45.3 cm³/mol. The zero-order valence-corrected chi connectivity index (χ0v) is 7.21. The van der Waals surface area contributed by atoms with Crippen LogP contribution in [0.3, 0.4) is 0 Å². The van der Waals surface area contributed by atoms with Gasteiger partial charge in [0.1, 0.15) is 0 Å². The lowest BCUT2D eigenvalue weighted by atomic mass is 9.96. The van der Waals surface area contributed by atoms with Gasteiger partial charge in [0.15, 0.2) is 5.41 Å². The number of carboxylic acids is 1. The maximum atomic E-state index is 13.0. The SMILES string of the molecule is O=C(O)[C@@]1(c2ccccc2)CC1(F)F. The molecule has 4 heteroatoms. The van der Waals surface area contributed by atoms with Gasteiger partial charge in [-0.15, -0.1) is 0 Å². The molecule has 0 bridgehead atoms. The van der Waals surface area contributed by atoms with E-state index in [0.717, 1.165) is 0 Å². The van der Waals surface area contributed by atoms with Gasteiger partial charge in [-0.1, -0.05) is 30.3 Å². The molecule has 2 nitrogen and oxygen atoms in total. The molecule has 1 aromatic carbocycles. The number of aliphatic carboxylic acids is 1. The summed E-state index contributed by atoms with van der Waals surface area (Å²) in [6, 6.07) is 7.65. The number of halogens is 2. The van der Waals surface area contributed by atoms with E-state index in [4.69, 9.17) is 5.11 Å². The van der Waals surface area contributed by atoms with Crippen LogP contribution in [0.2, 0.25) is 0 Å². The lowest BCUT2D eigenvalue weighted by Crippen LogP contribution is -2.26. The third kappa shape index (κ3) is 0.967. The molecule has 1 aliphatic rings. The van der Waals surface area contributed by atoms with Gasteiger partial charge in [-0.3, -0.25) is 4.79 Å². The maximum absolute atomic E-state index is 13.0. The Balaban J connectivity index is 2.47. The van der Waals surface area contributed by atoms with Crippen molar-refractivity contribution in [2.24, 2.45) is 0 Å². The molecule has 0 heterocycles. The van der Waals surface area contributed by atoms with Crippen LogP contribution in [0.4, 0.5) is 8.78 Å². The Hall–Kier alpha value is -1.45. The largest absolute Gasteiger partial charge is 0.480 e. The van der Waals surface area contributed by atoms with Crippen LogP contribution in [0.25, 0.3) is 0 Å². The molecule has 0 unspecified atom stereocenters. The average molecular weight is 198 g/mol. The summed E-state index contributed by atoms with van der Waals surface area (Å²) in [5, 5.41) is 8.81. The molecule has 0 aliphatic heterocycles. The first-order valence-corrected chi connectivity index (χ1v) is 4.17. The Morgan fingerprint density at radius 1 is 1.29 bits per heavy atom. The molecule has 0 amide bonds. The molecule has 0 saturated heterocycles. The summed E-state index contributed by atoms with van der Waals surface area (Å²) in [5.41, 5.74) is -1.80. The maximum Gasteiger partial charge on any atom is 0.320 e. The van der Waals surface area contributed by atoms with Gasteiger partial charge in [0.05, 0.1) is 0 Å². The van der Waals surface area contributed by atoms with Gasteiger partial charge < -0.3 is 5.11 Å². The first-order chi connectivity index (χ1) is 6.51. The number of carboxylic acid groups (broad SMARTS) is 1. The monoisotopic (exact) mass is 198 g/mol. The van der Waals surface area contributed by atoms with Crippen LogP contribution in [-0.4, -0.2) is 17.0 Å². The number of hydrogen-bond acceptors (Lipinski definition) is 1. The first kappa shape index (κ1) is 9.12. The summed E-state index contributed by atoms with van der Waals surface area (Å²) in [5.74, 6) is -4.56. The fourth-order valence-electron chi connectivity index (χ4n) is 1.68. The van der Waals surface area contributed by atoms with Crippen LogP contribution in [0.5, 0.6) is 0 Å². The van der Waals surface area contributed by atoms with Crippen molar-refractivity contribution in [2.75, 3.05) is 0 Å².